The molecular formula is C13H19NO. The molecule has 0 spiro atoms. The van der Waals surface area contributed by atoms with Crippen LogP contribution >= 0.6 is 0 Å². The fourth-order valence-corrected chi connectivity index (χ4v) is 1.58. The number of hydrogen-bond donors (Lipinski definition) is 1. The average molecular weight is 205 g/mol. The van der Waals surface area contributed by atoms with Gasteiger partial charge in [-0.25, -0.2) is 0 Å². The average Bonchev–Trinajstić information content (AvgIpc) is 2.21. The maximum Gasteiger partial charge on any atom is 0.132 e. The minimum atomic E-state index is 0.382. The molecule has 0 saturated carbocycles. The molecule has 2 nitrogen and oxygen atoms in total. The van der Waals surface area contributed by atoms with E-state index in [4.69, 9.17) is 5.73 Å². The Morgan fingerprint density at radius 1 is 1.20 bits per heavy atom. The standard InChI is InChI=1S/C13H19NO/c1-2-4-13(15)6-3-5-11-7-9-12(14)10-8-11/h7-10H,2-6,14H2,1H3. The van der Waals surface area contributed by atoms with Gasteiger partial charge in [-0.3, -0.25) is 4.79 Å². The van der Waals surface area contributed by atoms with E-state index in [2.05, 4.69) is 0 Å². The van der Waals surface area contributed by atoms with Crippen LogP contribution in [0.2, 0.25) is 0 Å². The van der Waals surface area contributed by atoms with E-state index in [1.807, 2.05) is 31.2 Å². The lowest BCUT2D eigenvalue weighted by molar-refractivity contribution is -0.119. The molecule has 0 unspecified atom stereocenters. The smallest absolute Gasteiger partial charge is 0.132 e. The summed E-state index contributed by atoms with van der Waals surface area (Å²) in [5.41, 5.74) is 7.64. The molecule has 0 aliphatic carbocycles. The number of benzene rings is 1. The van der Waals surface area contributed by atoms with Crippen LogP contribution in [-0.4, -0.2) is 5.78 Å². The van der Waals surface area contributed by atoms with Gasteiger partial charge >= 0.3 is 0 Å². The fourth-order valence-electron chi connectivity index (χ4n) is 1.58. The van der Waals surface area contributed by atoms with Gasteiger partial charge in [0.05, 0.1) is 0 Å². The van der Waals surface area contributed by atoms with Crippen molar-refractivity contribution in [1.29, 1.82) is 0 Å². The molecule has 0 atom stereocenters. The molecule has 2 N–H and O–H groups in total. The van der Waals surface area contributed by atoms with Crippen molar-refractivity contribution in [1.82, 2.24) is 0 Å². The fraction of sp³-hybridized carbons (Fsp3) is 0.462. The molecule has 1 rings (SSSR count). The van der Waals surface area contributed by atoms with Crippen molar-refractivity contribution in [3.63, 3.8) is 0 Å². The minimum absolute atomic E-state index is 0.382. The Balaban J connectivity index is 2.26. The van der Waals surface area contributed by atoms with Gasteiger partial charge in [0.1, 0.15) is 5.78 Å². The van der Waals surface area contributed by atoms with E-state index in [-0.39, 0.29) is 0 Å². The van der Waals surface area contributed by atoms with Crippen molar-refractivity contribution >= 4 is 11.5 Å². The van der Waals surface area contributed by atoms with E-state index in [0.717, 1.165) is 31.4 Å². The second-order valence-corrected chi connectivity index (χ2v) is 3.88. The molecule has 0 radical (unpaired) electrons. The number of ketones is 1. The zero-order chi connectivity index (χ0) is 11.1. The molecule has 0 heterocycles. The van der Waals surface area contributed by atoms with E-state index in [0.29, 0.717) is 12.2 Å². The highest BCUT2D eigenvalue weighted by molar-refractivity contribution is 5.78. The van der Waals surface area contributed by atoms with Gasteiger partial charge in [0.2, 0.25) is 0 Å². The number of carbonyl (C=O) groups is 1. The Bertz CT molecular complexity index is 303. The normalized spacial score (nSPS) is 10.2. The highest BCUT2D eigenvalue weighted by Gasteiger charge is 2.00. The molecule has 15 heavy (non-hydrogen) atoms. The third kappa shape index (κ3) is 4.63. The maximum absolute atomic E-state index is 11.3. The quantitative estimate of drug-likeness (QED) is 0.725. The SMILES string of the molecule is CCCC(=O)CCCc1ccc(N)cc1. The number of rotatable bonds is 6. The predicted octanol–water partition coefficient (Wildman–Crippen LogP) is 2.96. The summed E-state index contributed by atoms with van der Waals surface area (Å²) in [7, 11) is 0. The number of nitrogens with two attached hydrogens (primary N) is 1. The molecule has 0 fully saturated rings. The predicted molar refractivity (Wildman–Crippen MR) is 63.7 cm³/mol. The Morgan fingerprint density at radius 3 is 2.47 bits per heavy atom. The maximum atomic E-state index is 11.3. The Kier molecular flexibility index (Phi) is 4.88. The lowest BCUT2D eigenvalue weighted by Crippen LogP contribution is -1.97. The number of anilines is 1. The highest BCUT2D eigenvalue weighted by Crippen LogP contribution is 2.09. The van der Waals surface area contributed by atoms with Crippen LogP contribution in [0.25, 0.3) is 0 Å². The van der Waals surface area contributed by atoms with Crippen molar-refractivity contribution in [2.45, 2.75) is 39.0 Å². The molecular weight excluding hydrogens is 186 g/mol. The zero-order valence-electron chi connectivity index (χ0n) is 9.33. The first-order valence-corrected chi connectivity index (χ1v) is 5.58. The number of Topliss-reactive ketones (excluding diaryl/α,β-unsaturated/α-hetero) is 1. The van der Waals surface area contributed by atoms with Crippen molar-refractivity contribution in [2.75, 3.05) is 5.73 Å². The molecule has 0 saturated heterocycles. The van der Waals surface area contributed by atoms with E-state index in [1.54, 1.807) is 0 Å². The first-order chi connectivity index (χ1) is 7.22. The number of nitrogen functional groups attached to an aromatic ring is 1. The first-order valence-electron chi connectivity index (χ1n) is 5.58. The van der Waals surface area contributed by atoms with Crippen LogP contribution in [0, 0.1) is 0 Å². The molecule has 1 aromatic carbocycles. The number of hydrogen-bond acceptors (Lipinski definition) is 2. The van der Waals surface area contributed by atoms with Crippen LogP contribution in [0.15, 0.2) is 24.3 Å². The van der Waals surface area contributed by atoms with Crippen molar-refractivity contribution in [2.24, 2.45) is 0 Å². The third-order valence-electron chi connectivity index (χ3n) is 2.43. The van der Waals surface area contributed by atoms with Crippen molar-refractivity contribution in [3.8, 4) is 0 Å². The summed E-state index contributed by atoms with van der Waals surface area (Å²) in [5, 5.41) is 0. The van der Waals surface area contributed by atoms with E-state index >= 15 is 0 Å². The van der Waals surface area contributed by atoms with Gasteiger partial charge in [-0.1, -0.05) is 19.1 Å². The summed E-state index contributed by atoms with van der Waals surface area (Å²) in [6.45, 7) is 2.04. The van der Waals surface area contributed by atoms with E-state index < -0.39 is 0 Å². The monoisotopic (exact) mass is 205 g/mol. The number of aryl methyl sites for hydroxylation is 1. The second kappa shape index (κ2) is 6.23. The van der Waals surface area contributed by atoms with Crippen LogP contribution < -0.4 is 5.73 Å². The van der Waals surface area contributed by atoms with Gasteiger partial charge in [-0.05, 0) is 37.0 Å². The van der Waals surface area contributed by atoms with Gasteiger partial charge in [-0.2, -0.15) is 0 Å². The van der Waals surface area contributed by atoms with Crippen LogP contribution in [0.3, 0.4) is 0 Å². The Hall–Kier alpha value is -1.31. The first kappa shape index (κ1) is 11.8. The van der Waals surface area contributed by atoms with E-state index in [9.17, 15) is 4.79 Å². The van der Waals surface area contributed by atoms with E-state index in [1.165, 1.54) is 5.56 Å². The van der Waals surface area contributed by atoms with Crippen LogP contribution in [0.5, 0.6) is 0 Å². The molecule has 0 aromatic heterocycles. The molecule has 0 aliphatic rings. The Labute approximate surface area is 91.5 Å². The van der Waals surface area contributed by atoms with Gasteiger partial charge in [0.15, 0.2) is 0 Å². The van der Waals surface area contributed by atoms with Gasteiger partial charge in [-0.15, -0.1) is 0 Å². The molecule has 0 amide bonds. The van der Waals surface area contributed by atoms with Gasteiger partial charge < -0.3 is 5.73 Å². The highest BCUT2D eigenvalue weighted by atomic mass is 16.1. The van der Waals surface area contributed by atoms with Crippen LogP contribution in [0.1, 0.15) is 38.2 Å². The van der Waals surface area contributed by atoms with Gasteiger partial charge in [0, 0.05) is 18.5 Å². The third-order valence-corrected chi connectivity index (χ3v) is 2.43. The summed E-state index contributed by atoms with van der Waals surface area (Å²) >= 11 is 0. The molecule has 0 aliphatic heterocycles. The zero-order valence-corrected chi connectivity index (χ0v) is 9.33. The largest absolute Gasteiger partial charge is 0.399 e. The summed E-state index contributed by atoms with van der Waals surface area (Å²) < 4.78 is 0. The molecule has 0 bridgehead atoms. The van der Waals surface area contributed by atoms with Crippen molar-refractivity contribution < 1.29 is 4.79 Å². The molecule has 82 valence electrons. The number of carbonyl (C=O) groups excluding carboxylic acids is 1. The summed E-state index contributed by atoms with van der Waals surface area (Å²) in [6.07, 6.45) is 4.30. The lowest BCUT2D eigenvalue weighted by Gasteiger charge is -2.01. The van der Waals surface area contributed by atoms with Crippen LogP contribution in [0.4, 0.5) is 5.69 Å². The topological polar surface area (TPSA) is 43.1 Å². The second-order valence-electron chi connectivity index (χ2n) is 3.88. The van der Waals surface area contributed by atoms with Crippen molar-refractivity contribution in [3.05, 3.63) is 29.8 Å². The summed E-state index contributed by atoms with van der Waals surface area (Å²) in [6, 6.07) is 7.87. The summed E-state index contributed by atoms with van der Waals surface area (Å²) in [5.74, 6) is 0.382. The lowest BCUT2D eigenvalue weighted by atomic mass is 10.0. The summed E-state index contributed by atoms with van der Waals surface area (Å²) in [4.78, 5) is 11.3. The molecule has 2 heteroatoms. The minimum Gasteiger partial charge on any atom is -0.399 e. The van der Waals surface area contributed by atoms with Gasteiger partial charge in [0.25, 0.3) is 0 Å². The Morgan fingerprint density at radius 2 is 1.87 bits per heavy atom. The van der Waals surface area contributed by atoms with Crippen LogP contribution in [-0.2, 0) is 11.2 Å². The molecule has 1 aromatic rings.